The van der Waals surface area contributed by atoms with Crippen LogP contribution in [0.25, 0.3) is 11.3 Å². The van der Waals surface area contributed by atoms with Crippen LogP contribution in [0.15, 0.2) is 23.6 Å². The molecule has 2 heterocycles. The van der Waals surface area contributed by atoms with Gasteiger partial charge in [0.15, 0.2) is 6.10 Å². The fourth-order valence-electron chi connectivity index (χ4n) is 3.01. The van der Waals surface area contributed by atoms with Gasteiger partial charge in [0.05, 0.1) is 23.0 Å². The van der Waals surface area contributed by atoms with Crippen molar-refractivity contribution in [3.63, 3.8) is 0 Å². The summed E-state index contributed by atoms with van der Waals surface area (Å²) in [5, 5.41) is 3.11. The van der Waals surface area contributed by atoms with Crippen LogP contribution in [-0.2, 0) is 20.7 Å². The van der Waals surface area contributed by atoms with E-state index in [-0.39, 0.29) is 12.5 Å². The molecule has 0 aliphatic carbocycles. The smallest absolute Gasteiger partial charge is 0.326 e. The Morgan fingerprint density at radius 3 is 2.89 bits per heavy atom. The second kappa shape index (κ2) is 9.19. The standard InChI is InChI=1S/C21H26N2O4S/c1-4-6-10-26-20(24)12-23-17-11-15(16-13-28-19(22-16)7-5-2)8-9-18(17)27-14(3)21(23)25/h8-9,11,13-14H,4-7,10,12H2,1-3H3. The van der Waals surface area contributed by atoms with Crippen LogP contribution < -0.4 is 9.64 Å². The summed E-state index contributed by atoms with van der Waals surface area (Å²) in [6, 6.07) is 5.63. The lowest BCUT2D eigenvalue weighted by atomic mass is 10.1. The van der Waals surface area contributed by atoms with Crippen LogP contribution in [0, 0.1) is 0 Å². The predicted octanol–water partition coefficient (Wildman–Crippen LogP) is 4.22. The first-order valence-electron chi connectivity index (χ1n) is 9.76. The third-order valence-electron chi connectivity index (χ3n) is 4.53. The lowest BCUT2D eigenvalue weighted by Gasteiger charge is -2.32. The number of aryl methyl sites for hydroxylation is 1. The molecule has 0 radical (unpaired) electrons. The Bertz CT molecular complexity index is 849. The van der Waals surface area contributed by atoms with E-state index in [2.05, 4.69) is 11.9 Å². The molecule has 1 aromatic carbocycles. The van der Waals surface area contributed by atoms with E-state index >= 15 is 0 Å². The Kier molecular flexibility index (Phi) is 6.67. The van der Waals surface area contributed by atoms with Crippen LogP contribution in [0.2, 0.25) is 0 Å². The second-order valence-electron chi connectivity index (χ2n) is 6.82. The van der Waals surface area contributed by atoms with Crippen molar-refractivity contribution in [3.05, 3.63) is 28.6 Å². The van der Waals surface area contributed by atoms with Gasteiger partial charge in [-0.15, -0.1) is 11.3 Å². The Hall–Kier alpha value is -2.41. The van der Waals surface area contributed by atoms with E-state index in [0.29, 0.717) is 18.0 Å². The minimum Gasteiger partial charge on any atom is -0.479 e. The third kappa shape index (κ3) is 4.52. The van der Waals surface area contributed by atoms with Crippen molar-refractivity contribution in [3.8, 4) is 17.0 Å². The summed E-state index contributed by atoms with van der Waals surface area (Å²) in [4.78, 5) is 31.0. The molecule has 150 valence electrons. The van der Waals surface area contributed by atoms with Gasteiger partial charge in [-0.2, -0.15) is 0 Å². The molecule has 0 saturated heterocycles. The van der Waals surface area contributed by atoms with Crippen LogP contribution in [0.4, 0.5) is 5.69 Å². The maximum atomic E-state index is 12.7. The number of thiazole rings is 1. The van der Waals surface area contributed by atoms with Crippen molar-refractivity contribution >= 4 is 28.9 Å². The summed E-state index contributed by atoms with van der Waals surface area (Å²) >= 11 is 1.63. The van der Waals surface area contributed by atoms with Crippen molar-refractivity contribution in [1.82, 2.24) is 4.98 Å². The Morgan fingerprint density at radius 1 is 1.32 bits per heavy atom. The van der Waals surface area contributed by atoms with Gasteiger partial charge >= 0.3 is 5.97 Å². The number of carbonyl (C=O) groups is 2. The van der Waals surface area contributed by atoms with Gasteiger partial charge in [-0.25, -0.2) is 4.98 Å². The van der Waals surface area contributed by atoms with Crippen LogP contribution in [0.5, 0.6) is 5.75 Å². The number of benzene rings is 1. The summed E-state index contributed by atoms with van der Waals surface area (Å²) in [7, 11) is 0. The molecule has 7 heteroatoms. The Balaban J connectivity index is 1.86. The van der Waals surface area contributed by atoms with Crippen LogP contribution in [0.3, 0.4) is 0 Å². The molecule has 6 nitrogen and oxygen atoms in total. The molecule has 1 aromatic heterocycles. The van der Waals surface area contributed by atoms with E-state index in [9.17, 15) is 9.59 Å². The average molecular weight is 403 g/mol. The Labute approximate surface area is 169 Å². The molecule has 28 heavy (non-hydrogen) atoms. The Morgan fingerprint density at radius 2 is 2.14 bits per heavy atom. The molecule has 1 aliphatic heterocycles. The number of anilines is 1. The molecular weight excluding hydrogens is 376 g/mol. The fourth-order valence-corrected chi connectivity index (χ4v) is 3.92. The minimum absolute atomic E-state index is 0.120. The monoisotopic (exact) mass is 402 g/mol. The maximum Gasteiger partial charge on any atom is 0.326 e. The molecule has 0 spiro atoms. The van der Waals surface area contributed by atoms with Gasteiger partial charge in [0.2, 0.25) is 0 Å². The van der Waals surface area contributed by atoms with E-state index in [1.165, 1.54) is 4.90 Å². The molecule has 0 bridgehead atoms. The molecule has 2 aromatic rings. The van der Waals surface area contributed by atoms with Crippen molar-refractivity contribution in [2.75, 3.05) is 18.1 Å². The van der Waals surface area contributed by atoms with E-state index in [4.69, 9.17) is 9.47 Å². The molecule has 1 aliphatic rings. The van der Waals surface area contributed by atoms with Crippen LogP contribution in [0.1, 0.15) is 45.0 Å². The normalized spacial score (nSPS) is 15.9. The largest absolute Gasteiger partial charge is 0.479 e. The van der Waals surface area contributed by atoms with Gasteiger partial charge < -0.3 is 9.47 Å². The van der Waals surface area contributed by atoms with E-state index in [1.54, 1.807) is 18.3 Å². The number of carbonyl (C=O) groups excluding carboxylic acids is 2. The van der Waals surface area contributed by atoms with Gasteiger partial charge in [0, 0.05) is 10.9 Å². The van der Waals surface area contributed by atoms with E-state index in [1.807, 2.05) is 30.5 Å². The van der Waals surface area contributed by atoms with E-state index in [0.717, 1.165) is 41.9 Å². The number of hydrogen-bond donors (Lipinski definition) is 0. The molecular formula is C21H26N2O4S. The zero-order valence-electron chi connectivity index (χ0n) is 16.6. The molecule has 0 N–H and O–H groups in total. The number of rotatable bonds is 8. The number of esters is 1. The van der Waals surface area contributed by atoms with Crippen LogP contribution in [-0.4, -0.2) is 36.1 Å². The lowest BCUT2D eigenvalue weighted by Crippen LogP contribution is -2.47. The number of ether oxygens (including phenoxy) is 2. The highest BCUT2D eigenvalue weighted by atomic mass is 32.1. The number of nitrogens with zero attached hydrogens (tertiary/aromatic N) is 2. The van der Waals surface area contributed by atoms with Crippen molar-refractivity contribution in [2.24, 2.45) is 0 Å². The van der Waals surface area contributed by atoms with E-state index < -0.39 is 12.1 Å². The molecule has 1 unspecified atom stereocenters. The average Bonchev–Trinajstić information content (AvgIpc) is 3.14. The van der Waals surface area contributed by atoms with Crippen molar-refractivity contribution < 1.29 is 19.1 Å². The quantitative estimate of drug-likeness (QED) is 0.488. The first kappa shape index (κ1) is 20.3. The highest BCUT2D eigenvalue weighted by molar-refractivity contribution is 7.09. The highest BCUT2D eigenvalue weighted by Gasteiger charge is 2.33. The molecule has 1 amide bonds. The topological polar surface area (TPSA) is 68.7 Å². The van der Waals surface area contributed by atoms with Gasteiger partial charge in [-0.05, 0) is 44.4 Å². The minimum atomic E-state index is -0.641. The van der Waals surface area contributed by atoms with Crippen molar-refractivity contribution in [1.29, 1.82) is 0 Å². The maximum absolute atomic E-state index is 12.7. The zero-order chi connectivity index (χ0) is 20.1. The van der Waals surface area contributed by atoms with Gasteiger partial charge in [-0.1, -0.05) is 20.3 Å². The summed E-state index contributed by atoms with van der Waals surface area (Å²) in [6.07, 6.45) is 3.11. The number of amides is 1. The van der Waals surface area contributed by atoms with Gasteiger partial charge in [-0.3, -0.25) is 14.5 Å². The number of unbranched alkanes of at least 4 members (excludes halogenated alkanes) is 1. The number of aromatic nitrogens is 1. The van der Waals surface area contributed by atoms with Crippen LogP contribution >= 0.6 is 11.3 Å². The third-order valence-corrected chi connectivity index (χ3v) is 5.44. The summed E-state index contributed by atoms with van der Waals surface area (Å²) in [5.74, 6) is -0.0746. The fraction of sp³-hybridized carbons (Fsp3) is 0.476. The molecule has 3 rings (SSSR count). The van der Waals surface area contributed by atoms with Gasteiger partial charge in [0.1, 0.15) is 12.3 Å². The molecule has 0 fully saturated rings. The van der Waals surface area contributed by atoms with Crippen molar-refractivity contribution in [2.45, 2.75) is 52.6 Å². The lowest BCUT2D eigenvalue weighted by molar-refractivity contribution is -0.143. The second-order valence-corrected chi connectivity index (χ2v) is 7.76. The van der Waals surface area contributed by atoms with Gasteiger partial charge in [0.25, 0.3) is 5.91 Å². The SMILES string of the molecule is CCCCOC(=O)CN1C(=O)C(C)Oc2ccc(-c3csc(CCC)n3)cc21. The predicted molar refractivity (Wildman–Crippen MR) is 110 cm³/mol. The summed E-state index contributed by atoms with van der Waals surface area (Å²) in [6.45, 7) is 6.09. The molecule has 0 saturated carbocycles. The first-order chi connectivity index (χ1) is 13.5. The summed E-state index contributed by atoms with van der Waals surface area (Å²) < 4.78 is 11.0. The number of fused-ring (bicyclic) bond motifs is 1. The first-order valence-corrected chi connectivity index (χ1v) is 10.6. The highest BCUT2D eigenvalue weighted by Crippen LogP contribution is 2.37. The zero-order valence-corrected chi connectivity index (χ0v) is 17.4. The number of hydrogen-bond acceptors (Lipinski definition) is 6. The molecule has 1 atom stereocenters. The summed E-state index contributed by atoms with van der Waals surface area (Å²) in [5.41, 5.74) is 2.35.